The van der Waals surface area contributed by atoms with Crippen molar-refractivity contribution in [3.63, 3.8) is 0 Å². The van der Waals surface area contributed by atoms with Crippen LogP contribution in [-0.4, -0.2) is 35.0 Å². The van der Waals surface area contributed by atoms with Crippen LogP contribution in [0, 0.1) is 0 Å². The van der Waals surface area contributed by atoms with Crippen molar-refractivity contribution in [1.82, 2.24) is 10.2 Å². The van der Waals surface area contributed by atoms with Crippen molar-refractivity contribution in [2.24, 2.45) is 0 Å². The smallest absolute Gasteiger partial charge is 0.234 e. The SMILES string of the molecule is O=C(CN1CCCC1CC(O)c1ccco1)NCc1ccccc1. The molecule has 3 rings (SSSR count). The lowest BCUT2D eigenvalue weighted by molar-refractivity contribution is -0.122. The zero-order chi connectivity index (χ0) is 16.8. The van der Waals surface area contributed by atoms with Crippen LogP contribution in [0.15, 0.2) is 53.1 Å². The summed E-state index contributed by atoms with van der Waals surface area (Å²) in [4.78, 5) is 14.4. The van der Waals surface area contributed by atoms with Gasteiger partial charge in [0.15, 0.2) is 0 Å². The van der Waals surface area contributed by atoms with Crippen molar-refractivity contribution < 1.29 is 14.3 Å². The first-order chi connectivity index (χ1) is 11.7. The largest absolute Gasteiger partial charge is 0.467 e. The highest BCUT2D eigenvalue weighted by atomic mass is 16.4. The van der Waals surface area contributed by atoms with Crippen LogP contribution in [0.5, 0.6) is 0 Å². The Morgan fingerprint density at radius 2 is 2.12 bits per heavy atom. The second-order valence-electron chi connectivity index (χ2n) is 6.30. The van der Waals surface area contributed by atoms with Crippen molar-refractivity contribution >= 4 is 5.91 Å². The van der Waals surface area contributed by atoms with Crippen LogP contribution in [0.1, 0.15) is 36.7 Å². The number of likely N-dealkylation sites (tertiary alicyclic amines) is 1. The Morgan fingerprint density at radius 3 is 2.88 bits per heavy atom. The van der Waals surface area contributed by atoms with Crippen molar-refractivity contribution in [1.29, 1.82) is 0 Å². The van der Waals surface area contributed by atoms with E-state index in [4.69, 9.17) is 4.42 Å². The lowest BCUT2D eigenvalue weighted by atomic mass is 10.1. The molecule has 1 fully saturated rings. The predicted octanol–water partition coefficient (Wildman–Crippen LogP) is 2.48. The molecule has 0 bridgehead atoms. The number of carbonyl (C=O) groups excluding carboxylic acids is 1. The normalized spacial score (nSPS) is 19.3. The number of hydrogen-bond donors (Lipinski definition) is 2. The highest BCUT2D eigenvalue weighted by Crippen LogP contribution is 2.27. The summed E-state index contributed by atoms with van der Waals surface area (Å²) >= 11 is 0. The number of aliphatic hydroxyl groups is 1. The molecule has 2 atom stereocenters. The number of rotatable bonds is 7. The fraction of sp³-hybridized carbons (Fsp3) is 0.421. The molecule has 1 aliphatic rings. The lowest BCUT2D eigenvalue weighted by Crippen LogP contribution is -2.40. The molecule has 1 saturated heterocycles. The van der Waals surface area contributed by atoms with E-state index in [1.165, 1.54) is 0 Å². The highest BCUT2D eigenvalue weighted by Gasteiger charge is 2.29. The molecule has 0 saturated carbocycles. The number of carbonyl (C=O) groups is 1. The van der Waals surface area contributed by atoms with Gasteiger partial charge in [-0.2, -0.15) is 0 Å². The molecule has 2 unspecified atom stereocenters. The van der Waals surface area contributed by atoms with Gasteiger partial charge in [-0.15, -0.1) is 0 Å². The first-order valence-electron chi connectivity index (χ1n) is 8.48. The maximum absolute atomic E-state index is 12.2. The molecule has 128 valence electrons. The van der Waals surface area contributed by atoms with Gasteiger partial charge in [-0.25, -0.2) is 0 Å². The number of amides is 1. The zero-order valence-corrected chi connectivity index (χ0v) is 13.7. The molecule has 24 heavy (non-hydrogen) atoms. The number of benzene rings is 1. The Balaban J connectivity index is 1.47. The van der Waals surface area contributed by atoms with Crippen molar-refractivity contribution in [3.8, 4) is 0 Å². The molecule has 2 aromatic rings. The third-order valence-electron chi connectivity index (χ3n) is 4.55. The molecule has 5 nitrogen and oxygen atoms in total. The summed E-state index contributed by atoms with van der Waals surface area (Å²) in [5, 5.41) is 13.2. The summed E-state index contributed by atoms with van der Waals surface area (Å²) in [6, 6.07) is 13.7. The van der Waals surface area contributed by atoms with E-state index < -0.39 is 6.10 Å². The Kier molecular flexibility index (Phi) is 5.67. The maximum Gasteiger partial charge on any atom is 0.234 e. The summed E-state index contributed by atoms with van der Waals surface area (Å²) < 4.78 is 5.26. The molecule has 1 amide bonds. The summed E-state index contributed by atoms with van der Waals surface area (Å²) in [5.41, 5.74) is 1.09. The van der Waals surface area contributed by atoms with Crippen LogP contribution in [0.3, 0.4) is 0 Å². The van der Waals surface area contributed by atoms with Gasteiger partial charge < -0.3 is 14.8 Å². The van der Waals surface area contributed by atoms with Crippen LogP contribution in [0.4, 0.5) is 0 Å². The minimum absolute atomic E-state index is 0.0261. The van der Waals surface area contributed by atoms with Crippen LogP contribution in [-0.2, 0) is 11.3 Å². The molecule has 5 heteroatoms. The lowest BCUT2D eigenvalue weighted by Gasteiger charge is -2.25. The van der Waals surface area contributed by atoms with E-state index in [9.17, 15) is 9.90 Å². The van der Waals surface area contributed by atoms with Crippen LogP contribution >= 0.6 is 0 Å². The fourth-order valence-corrected chi connectivity index (χ4v) is 3.26. The molecule has 2 heterocycles. The van der Waals surface area contributed by atoms with E-state index in [-0.39, 0.29) is 11.9 Å². The number of hydrogen-bond acceptors (Lipinski definition) is 4. The molecule has 1 aromatic carbocycles. The Labute approximate surface area is 142 Å². The molecule has 0 radical (unpaired) electrons. The fourth-order valence-electron chi connectivity index (χ4n) is 3.26. The Bertz CT molecular complexity index is 627. The van der Waals surface area contributed by atoms with Crippen molar-refractivity contribution in [2.75, 3.05) is 13.1 Å². The van der Waals surface area contributed by atoms with Gasteiger partial charge in [0, 0.05) is 12.6 Å². The Hall–Kier alpha value is -2.11. The quantitative estimate of drug-likeness (QED) is 0.819. The molecule has 1 aliphatic heterocycles. The summed E-state index contributed by atoms with van der Waals surface area (Å²) in [5.74, 6) is 0.619. The number of aliphatic hydroxyl groups excluding tert-OH is 1. The number of nitrogens with one attached hydrogen (secondary N) is 1. The van der Waals surface area contributed by atoms with Crippen LogP contribution in [0.2, 0.25) is 0 Å². The predicted molar refractivity (Wildman–Crippen MR) is 91.2 cm³/mol. The molecule has 1 aromatic heterocycles. The van der Waals surface area contributed by atoms with Gasteiger partial charge >= 0.3 is 0 Å². The van der Waals surface area contributed by atoms with Crippen LogP contribution < -0.4 is 5.32 Å². The van der Waals surface area contributed by atoms with Crippen molar-refractivity contribution in [3.05, 3.63) is 60.1 Å². The third kappa shape index (κ3) is 4.46. The zero-order valence-electron chi connectivity index (χ0n) is 13.7. The average Bonchev–Trinajstić information content (AvgIpc) is 3.26. The van der Waals surface area contributed by atoms with E-state index in [2.05, 4.69) is 10.2 Å². The first-order valence-corrected chi connectivity index (χ1v) is 8.48. The van der Waals surface area contributed by atoms with E-state index in [0.717, 1.165) is 24.9 Å². The highest BCUT2D eigenvalue weighted by molar-refractivity contribution is 5.78. The first kappa shape index (κ1) is 16.7. The standard InChI is InChI=1S/C19H24N2O3/c22-17(18-9-5-11-24-18)12-16-8-4-10-21(16)14-19(23)20-13-15-6-2-1-3-7-15/h1-3,5-7,9,11,16-17,22H,4,8,10,12-14H2,(H,20,23). The topological polar surface area (TPSA) is 65.7 Å². The van der Waals surface area contributed by atoms with Gasteiger partial charge in [0.2, 0.25) is 5.91 Å². The van der Waals surface area contributed by atoms with Gasteiger partial charge in [-0.05, 0) is 43.5 Å². The minimum atomic E-state index is -0.613. The van der Waals surface area contributed by atoms with Crippen molar-refractivity contribution in [2.45, 2.75) is 38.0 Å². The molecule has 0 aliphatic carbocycles. The second-order valence-corrected chi connectivity index (χ2v) is 6.30. The van der Waals surface area contributed by atoms with E-state index in [0.29, 0.717) is 25.3 Å². The second kappa shape index (κ2) is 8.13. The molecular formula is C19H24N2O3. The summed E-state index contributed by atoms with van der Waals surface area (Å²) in [6.45, 7) is 1.82. The van der Waals surface area contributed by atoms with E-state index in [1.54, 1.807) is 18.4 Å². The number of furan rings is 1. The average molecular weight is 328 g/mol. The third-order valence-corrected chi connectivity index (χ3v) is 4.55. The maximum atomic E-state index is 12.2. The monoisotopic (exact) mass is 328 g/mol. The summed E-state index contributed by atoms with van der Waals surface area (Å²) in [6.07, 6.45) is 3.62. The Morgan fingerprint density at radius 1 is 1.29 bits per heavy atom. The van der Waals surface area contributed by atoms with Gasteiger partial charge in [0.1, 0.15) is 11.9 Å². The van der Waals surface area contributed by atoms with Gasteiger partial charge in [0.05, 0.1) is 12.8 Å². The molecular weight excluding hydrogens is 304 g/mol. The molecule has 2 N–H and O–H groups in total. The van der Waals surface area contributed by atoms with Gasteiger partial charge in [-0.3, -0.25) is 9.69 Å². The minimum Gasteiger partial charge on any atom is -0.467 e. The summed E-state index contributed by atoms with van der Waals surface area (Å²) in [7, 11) is 0. The van der Waals surface area contributed by atoms with Crippen LogP contribution in [0.25, 0.3) is 0 Å². The van der Waals surface area contributed by atoms with Gasteiger partial charge in [0.25, 0.3) is 0 Å². The van der Waals surface area contributed by atoms with E-state index >= 15 is 0 Å². The van der Waals surface area contributed by atoms with Gasteiger partial charge in [-0.1, -0.05) is 30.3 Å². The van der Waals surface area contributed by atoms with E-state index in [1.807, 2.05) is 30.3 Å². The molecule has 0 spiro atoms. The number of nitrogens with zero attached hydrogens (tertiary/aromatic N) is 1.